The van der Waals surface area contributed by atoms with Crippen LogP contribution in [0.3, 0.4) is 0 Å². The van der Waals surface area contributed by atoms with Crippen molar-refractivity contribution < 1.29 is 0 Å². The number of nitrogens with two attached hydrogens (primary N) is 1. The van der Waals surface area contributed by atoms with Gasteiger partial charge in [0.15, 0.2) is 0 Å². The van der Waals surface area contributed by atoms with E-state index in [1.54, 1.807) is 0 Å². The number of nitrogens with zero attached hydrogens (tertiary/aromatic N) is 1. The SMILES string of the molecule is CCN(CC)CC=CCN. The lowest BCUT2D eigenvalue weighted by Crippen LogP contribution is -2.22. The van der Waals surface area contributed by atoms with E-state index in [9.17, 15) is 0 Å². The first kappa shape index (κ1) is 9.66. The first-order chi connectivity index (χ1) is 4.85. The zero-order valence-electron chi connectivity index (χ0n) is 7.01. The van der Waals surface area contributed by atoms with Crippen LogP contribution in [0.2, 0.25) is 0 Å². The maximum atomic E-state index is 5.29. The maximum Gasteiger partial charge on any atom is 0.0163 e. The van der Waals surface area contributed by atoms with E-state index in [0.717, 1.165) is 19.6 Å². The van der Waals surface area contributed by atoms with Gasteiger partial charge in [-0.15, -0.1) is 0 Å². The van der Waals surface area contributed by atoms with Gasteiger partial charge < -0.3 is 10.6 Å². The molecule has 0 aliphatic heterocycles. The zero-order valence-corrected chi connectivity index (χ0v) is 7.01. The summed E-state index contributed by atoms with van der Waals surface area (Å²) in [6.45, 7) is 8.25. The van der Waals surface area contributed by atoms with Crippen molar-refractivity contribution >= 4 is 0 Å². The summed E-state index contributed by atoms with van der Waals surface area (Å²) in [5.41, 5.74) is 5.29. The van der Waals surface area contributed by atoms with Crippen molar-refractivity contribution in [3.8, 4) is 0 Å². The Morgan fingerprint density at radius 3 is 2.20 bits per heavy atom. The Balaban J connectivity index is 3.34. The molecular formula is C8H18N2. The third-order valence-electron chi connectivity index (χ3n) is 1.56. The van der Waals surface area contributed by atoms with Gasteiger partial charge in [-0.1, -0.05) is 26.0 Å². The number of hydrogen-bond acceptors (Lipinski definition) is 2. The normalized spacial score (nSPS) is 11.6. The van der Waals surface area contributed by atoms with Crippen molar-refractivity contribution in [3.63, 3.8) is 0 Å². The highest BCUT2D eigenvalue weighted by Gasteiger charge is 1.92. The molecule has 0 aromatic carbocycles. The average Bonchev–Trinajstić information content (AvgIpc) is 1.99. The lowest BCUT2D eigenvalue weighted by molar-refractivity contribution is 0.337. The molecule has 0 rings (SSSR count). The Bertz CT molecular complexity index is 85.3. The molecule has 0 aliphatic rings. The van der Waals surface area contributed by atoms with E-state index in [2.05, 4.69) is 24.8 Å². The minimum absolute atomic E-state index is 0.654. The molecule has 0 aliphatic carbocycles. The fourth-order valence-electron chi connectivity index (χ4n) is 0.802. The largest absolute Gasteiger partial charge is 0.327 e. The monoisotopic (exact) mass is 142 g/mol. The zero-order chi connectivity index (χ0) is 7.82. The molecule has 0 heterocycles. The topological polar surface area (TPSA) is 29.3 Å². The molecule has 0 atom stereocenters. The van der Waals surface area contributed by atoms with Gasteiger partial charge in [-0.25, -0.2) is 0 Å². The first-order valence-corrected chi connectivity index (χ1v) is 3.92. The second-order valence-corrected chi connectivity index (χ2v) is 2.19. The summed E-state index contributed by atoms with van der Waals surface area (Å²) in [5.74, 6) is 0. The Labute approximate surface area is 63.7 Å². The average molecular weight is 142 g/mol. The third-order valence-corrected chi connectivity index (χ3v) is 1.56. The molecule has 0 saturated carbocycles. The molecule has 0 fully saturated rings. The molecule has 0 aromatic heterocycles. The molecule has 0 unspecified atom stereocenters. The van der Waals surface area contributed by atoms with Crippen LogP contribution < -0.4 is 5.73 Å². The summed E-state index contributed by atoms with van der Waals surface area (Å²) in [6.07, 6.45) is 4.12. The highest BCUT2D eigenvalue weighted by Crippen LogP contribution is 1.85. The smallest absolute Gasteiger partial charge is 0.0163 e. The molecule has 0 bridgehead atoms. The Kier molecular flexibility index (Phi) is 6.55. The van der Waals surface area contributed by atoms with Crippen molar-refractivity contribution in [1.29, 1.82) is 0 Å². The summed E-state index contributed by atoms with van der Waals surface area (Å²) in [7, 11) is 0. The van der Waals surface area contributed by atoms with Gasteiger partial charge in [-0.2, -0.15) is 0 Å². The lowest BCUT2D eigenvalue weighted by atomic mass is 10.4. The summed E-state index contributed by atoms with van der Waals surface area (Å²) in [6, 6.07) is 0. The van der Waals surface area contributed by atoms with E-state index in [1.807, 2.05) is 6.08 Å². The highest BCUT2D eigenvalue weighted by atomic mass is 15.1. The van der Waals surface area contributed by atoms with Crippen molar-refractivity contribution in [3.05, 3.63) is 12.2 Å². The molecule has 2 nitrogen and oxygen atoms in total. The maximum absolute atomic E-state index is 5.29. The summed E-state index contributed by atoms with van der Waals surface area (Å²) in [4.78, 5) is 2.34. The van der Waals surface area contributed by atoms with Crippen molar-refractivity contribution in [1.82, 2.24) is 4.90 Å². The molecule has 2 N–H and O–H groups in total. The molecule has 0 saturated heterocycles. The Morgan fingerprint density at radius 1 is 1.20 bits per heavy atom. The molecule has 60 valence electrons. The van der Waals surface area contributed by atoms with E-state index >= 15 is 0 Å². The first-order valence-electron chi connectivity index (χ1n) is 3.92. The van der Waals surface area contributed by atoms with E-state index < -0.39 is 0 Å². The summed E-state index contributed by atoms with van der Waals surface area (Å²) >= 11 is 0. The molecule has 0 spiro atoms. The Hall–Kier alpha value is -0.340. The predicted octanol–water partition coefficient (Wildman–Crippen LogP) is 0.843. The predicted molar refractivity (Wildman–Crippen MR) is 46.0 cm³/mol. The van der Waals surface area contributed by atoms with E-state index in [0.29, 0.717) is 6.54 Å². The number of likely N-dealkylation sites (N-methyl/N-ethyl adjacent to an activating group) is 1. The summed E-state index contributed by atoms with van der Waals surface area (Å²) < 4.78 is 0. The van der Waals surface area contributed by atoms with Crippen molar-refractivity contribution in [2.45, 2.75) is 13.8 Å². The van der Waals surface area contributed by atoms with Gasteiger partial charge in [0.2, 0.25) is 0 Å². The van der Waals surface area contributed by atoms with E-state index in [-0.39, 0.29) is 0 Å². The van der Waals surface area contributed by atoms with Crippen LogP contribution in [-0.4, -0.2) is 31.1 Å². The van der Waals surface area contributed by atoms with E-state index in [1.165, 1.54) is 0 Å². The molecule has 0 radical (unpaired) electrons. The van der Waals surface area contributed by atoms with Gasteiger partial charge in [-0.05, 0) is 13.1 Å². The summed E-state index contributed by atoms with van der Waals surface area (Å²) in [5, 5.41) is 0. The van der Waals surface area contributed by atoms with Crippen LogP contribution in [0.5, 0.6) is 0 Å². The molecular weight excluding hydrogens is 124 g/mol. The number of hydrogen-bond donors (Lipinski definition) is 1. The van der Waals surface area contributed by atoms with Gasteiger partial charge in [-0.3, -0.25) is 0 Å². The minimum atomic E-state index is 0.654. The standard InChI is InChI=1S/C8H18N2/c1-3-10(4-2)8-6-5-7-9/h5-6H,3-4,7-9H2,1-2H3. The third kappa shape index (κ3) is 4.53. The lowest BCUT2D eigenvalue weighted by Gasteiger charge is -2.14. The molecule has 10 heavy (non-hydrogen) atoms. The van der Waals surface area contributed by atoms with E-state index in [4.69, 9.17) is 5.73 Å². The fourth-order valence-corrected chi connectivity index (χ4v) is 0.802. The minimum Gasteiger partial charge on any atom is -0.327 e. The fraction of sp³-hybridized carbons (Fsp3) is 0.750. The highest BCUT2D eigenvalue weighted by molar-refractivity contribution is 4.84. The van der Waals surface area contributed by atoms with Crippen LogP contribution >= 0.6 is 0 Å². The second-order valence-electron chi connectivity index (χ2n) is 2.19. The van der Waals surface area contributed by atoms with Gasteiger partial charge in [0.05, 0.1) is 0 Å². The van der Waals surface area contributed by atoms with Crippen LogP contribution in [-0.2, 0) is 0 Å². The van der Waals surface area contributed by atoms with Crippen LogP contribution in [0.1, 0.15) is 13.8 Å². The van der Waals surface area contributed by atoms with Gasteiger partial charge in [0, 0.05) is 13.1 Å². The molecule has 2 heteroatoms. The van der Waals surface area contributed by atoms with Gasteiger partial charge in [0.25, 0.3) is 0 Å². The van der Waals surface area contributed by atoms with Crippen LogP contribution in [0.4, 0.5) is 0 Å². The van der Waals surface area contributed by atoms with Crippen LogP contribution in [0.15, 0.2) is 12.2 Å². The van der Waals surface area contributed by atoms with Gasteiger partial charge >= 0.3 is 0 Å². The molecule has 0 aromatic rings. The quantitative estimate of drug-likeness (QED) is 0.576. The second kappa shape index (κ2) is 6.78. The van der Waals surface area contributed by atoms with Crippen LogP contribution in [0, 0.1) is 0 Å². The Morgan fingerprint density at radius 2 is 1.80 bits per heavy atom. The van der Waals surface area contributed by atoms with Crippen molar-refractivity contribution in [2.75, 3.05) is 26.2 Å². The van der Waals surface area contributed by atoms with Gasteiger partial charge in [0.1, 0.15) is 0 Å². The number of rotatable bonds is 5. The molecule has 0 amide bonds. The van der Waals surface area contributed by atoms with Crippen molar-refractivity contribution in [2.24, 2.45) is 5.73 Å². The van der Waals surface area contributed by atoms with Crippen LogP contribution in [0.25, 0.3) is 0 Å².